The first kappa shape index (κ1) is 22.3. The minimum atomic E-state index is -0.253. The molecule has 26 heavy (non-hydrogen) atoms. The van der Waals surface area contributed by atoms with E-state index in [2.05, 4.69) is 27.7 Å². The minimum Gasteiger partial charge on any atom is -0.497 e. The van der Waals surface area contributed by atoms with E-state index in [0.29, 0.717) is 11.8 Å². The summed E-state index contributed by atoms with van der Waals surface area (Å²) in [5.74, 6) is 1.70. The summed E-state index contributed by atoms with van der Waals surface area (Å²) in [7, 11) is 1.64. The van der Waals surface area contributed by atoms with E-state index in [4.69, 9.17) is 9.47 Å². The molecule has 0 aliphatic carbocycles. The molecule has 0 fully saturated rings. The number of hydrogen-bond donors (Lipinski definition) is 0. The summed E-state index contributed by atoms with van der Waals surface area (Å²) < 4.78 is 10.9. The van der Waals surface area contributed by atoms with Crippen molar-refractivity contribution >= 4 is 12.0 Å². The molecule has 0 heterocycles. The standard InChI is InChI=1S/C23H36O3/c1-6-8-9-19(7-2)17-22(16-18(3)4)26-23(24)15-12-20-10-13-21(25-5)14-11-20/h10-15,18-19,22H,6-9,16-17H2,1-5H3. The van der Waals surface area contributed by atoms with Crippen LogP contribution in [0.15, 0.2) is 30.3 Å². The Labute approximate surface area is 159 Å². The van der Waals surface area contributed by atoms with Crippen molar-refractivity contribution < 1.29 is 14.3 Å². The molecule has 0 aromatic heterocycles. The largest absolute Gasteiger partial charge is 0.497 e. The van der Waals surface area contributed by atoms with Gasteiger partial charge in [-0.15, -0.1) is 0 Å². The number of hydrogen-bond acceptors (Lipinski definition) is 3. The highest BCUT2D eigenvalue weighted by atomic mass is 16.5. The van der Waals surface area contributed by atoms with Crippen LogP contribution in [0.2, 0.25) is 0 Å². The Bertz CT molecular complexity index is 531. The average molecular weight is 361 g/mol. The summed E-state index contributed by atoms with van der Waals surface area (Å²) in [4.78, 5) is 12.3. The molecule has 1 rings (SSSR count). The van der Waals surface area contributed by atoms with Gasteiger partial charge >= 0.3 is 5.97 Å². The predicted octanol–water partition coefficient (Wildman–Crippen LogP) is 6.27. The third-order valence-electron chi connectivity index (χ3n) is 4.68. The molecule has 0 saturated heterocycles. The lowest BCUT2D eigenvalue weighted by Gasteiger charge is -2.24. The van der Waals surface area contributed by atoms with E-state index in [1.165, 1.54) is 25.3 Å². The van der Waals surface area contributed by atoms with Crippen molar-refractivity contribution in [2.75, 3.05) is 7.11 Å². The Hall–Kier alpha value is -1.77. The lowest BCUT2D eigenvalue weighted by atomic mass is 9.90. The number of esters is 1. The van der Waals surface area contributed by atoms with Crippen LogP contribution in [0, 0.1) is 11.8 Å². The summed E-state index contributed by atoms with van der Waals surface area (Å²) in [6.45, 7) is 8.82. The summed E-state index contributed by atoms with van der Waals surface area (Å²) in [5, 5.41) is 0. The van der Waals surface area contributed by atoms with E-state index < -0.39 is 0 Å². The van der Waals surface area contributed by atoms with Gasteiger partial charge in [-0.3, -0.25) is 0 Å². The van der Waals surface area contributed by atoms with Crippen molar-refractivity contribution in [3.63, 3.8) is 0 Å². The number of unbranched alkanes of at least 4 members (excludes halogenated alkanes) is 1. The van der Waals surface area contributed by atoms with Gasteiger partial charge in [0.15, 0.2) is 0 Å². The second-order valence-corrected chi connectivity index (χ2v) is 7.45. The van der Waals surface area contributed by atoms with Crippen LogP contribution in [0.5, 0.6) is 5.75 Å². The third-order valence-corrected chi connectivity index (χ3v) is 4.68. The molecule has 0 spiro atoms. The summed E-state index contributed by atoms with van der Waals surface area (Å²) in [6, 6.07) is 7.61. The first-order valence-corrected chi connectivity index (χ1v) is 10.0. The van der Waals surface area contributed by atoms with Gasteiger partial charge in [-0.2, -0.15) is 0 Å². The summed E-state index contributed by atoms with van der Waals surface area (Å²) in [6.07, 6.45) is 10.1. The average Bonchev–Trinajstić information content (AvgIpc) is 2.63. The summed E-state index contributed by atoms with van der Waals surface area (Å²) in [5.41, 5.74) is 0.956. The normalized spacial score (nSPS) is 13.8. The Morgan fingerprint density at radius 2 is 1.81 bits per heavy atom. The maximum atomic E-state index is 12.3. The smallest absolute Gasteiger partial charge is 0.331 e. The molecule has 146 valence electrons. The quantitative estimate of drug-likeness (QED) is 0.325. The zero-order valence-corrected chi connectivity index (χ0v) is 17.2. The van der Waals surface area contributed by atoms with Crippen LogP contribution < -0.4 is 4.74 Å². The van der Waals surface area contributed by atoms with Crippen molar-refractivity contribution in [1.82, 2.24) is 0 Å². The van der Waals surface area contributed by atoms with Crippen LogP contribution in [-0.4, -0.2) is 19.2 Å². The van der Waals surface area contributed by atoms with Gasteiger partial charge in [-0.1, -0.05) is 65.5 Å². The minimum absolute atomic E-state index is 0.00447. The molecule has 1 aromatic rings. The zero-order valence-electron chi connectivity index (χ0n) is 17.2. The van der Waals surface area contributed by atoms with Crippen molar-refractivity contribution in [2.24, 2.45) is 11.8 Å². The van der Waals surface area contributed by atoms with Crippen molar-refractivity contribution in [3.05, 3.63) is 35.9 Å². The molecule has 0 amide bonds. The lowest BCUT2D eigenvalue weighted by Crippen LogP contribution is -2.22. The summed E-state index contributed by atoms with van der Waals surface area (Å²) >= 11 is 0. The van der Waals surface area contributed by atoms with Gasteiger partial charge in [-0.25, -0.2) is 4.79 Å². The van der Waals surface area contributed by atoms with Crippen LogP contribution >= 0.6 is 0 Å². The van der Waals surface area contributed by atoms with E-state index in [1.54, 1.807) is 13.2 Å². The van der Waals surface area contributed by atoms with Crippen LogP contribution in [0.1, 0.15) is 71.8 Å². The van der Waals surface area contributed by atoms with Crippen LogP contribution in [0.25, 0.3) is 6.08 Å². The maximum Gasteiger partial charge on any atom is 0.331 e. The van der Waals surface area contributed by atoms with Crippen LogP contribution in [-0.2, 0) is 9.53 Å². The third kappa shape index (κ3) is 9.07. The molecule has 3 nitrogen and oxygen atoms in total. The number of rotatable bonds is 12. The molecule has 2 unspecified atom stereocenters. The van der Waals surface area contributed by atoms with Gasteiger partial charge in [0.2, 0.25) is 0 Å². The molecule has 2 atom stereocenters. The fraction of sp³-hybridized carbons (Fsp3) is 0.609. The molecule has 1 aromatic carbocycles. The van der Waals surface area contributed by atoms with Gasteiger partial charge in [0.05, 0.1) is 7.11 Å². The number of carbonyl (C=O) groups is 1. The maximum absolute atomic E-state index is 12.3. The monoisotopic (exact) mass is 360 g/mol. The van der Waals surface area contributed by atoms with E-state index in [-0.39, 0.29) is 12.1 Å². The zero-order chi connectivity index (χ0) is 19.4. The van der Waals surface area contributed by atoms with Crippen molar-refractivity contribution in [2.45, 2.75) is 72.3 Å². The van der Waals surface area contributed by atoms with Gasteiger partial charge < -0.3 is 9.47 Å². The Morgan fingerprint density at radius 1 is 1.12 bits per heavy atom. The van der Waals surface area contributed by atoms with Crippen molar-refractivity contribution in [3.8, 4) is 5.75 Å². The Morgan fingerprint density at radius 3 is 2.35 bits per heavy atom. The van der Waals surface area contributed by atoms with Crippen LogP contribution in [0.3, 0.4) is 0 Å². The number of methoxy groups -OCH3 is 1. The molecule has 0 aliphatic heterocycles. The molecule has 3 heteroatoms. The Kier molecular flexibility index (Phi) is 10.8. The topological polar surface area (TPSA) is 35.5 Å². The van der Waals surface area contributed by atoms with Crippen molar-refractivity contribution in [1.29, 1.82) is 0 Å². The van der Waals surface area contributed by atoms with Gasteiger partial charge in [-0.05, 0) is 48.4 Å². The molecule has 0 radical (unpaired) electrons. The second kappa shape index (κ2) is 12.6. The molecular formula is C23H36O3. The molecule has 0 N–H and O–H groups in total. The van der Waals surface area contributed by atoms with E-state index in [0.717, 1.165) is 30.6 Å². The molecule has 0 bridgehead atoms. The fourth-order valence-corrected chi connectivity index (χ4v) is 3.15. The first-order chi connectivity index (χ1) is 12.5. The molecule has 0 aliphatic rings. The van der Waals surface area contributed by atoms with E-state index in [1.807, 2.05) is 24.3 Å². The Balaban J connectivity index is 2.63. The van der Waals surface area contributed by atoms with E-state index in [9.17, 15) is 4.79 Å². The number of ether oxygens (including phenoxy) is 2. The highest BCUT2D eigenvalue weighted by molar-refractivity contribution is 5.87. The highest BCUT2D eigenvalue weighted by Gasteiger charge is 2.19. The van der Waals surface area contributed by atoms with Gasteiger partial charge in [0.25, 0.3) is 0 Å². The highest BCUT2D eigenvalue weighted by Crippen LogP contribution is 2.24. The number of benzene rings is 1. The van der Waals surface area contributed by atoms with Gasteiger partial charge in [0, 0.05) is 6.08 Å². The molecular weight excluding hydrogens is 324 g/mol. The van der Waals surface area contributed by atoms with E-state index >= 15 is 0 Å². The molecule has 0 saturated carbocycles. The van der Waals surface area contributed by atoms with Crippen LogP contribution in [0.4, 0.5) is 0 Å². The SMILES string of the molecule is CCCCC(CC)CC(CC(C)C)OC(=O)C=Cc1ccc(OC)cc1. The predicted molar refractivity (Wildman–Crippen MR) is 109 cm³/mol. The second-order valence-electron chi connectivity index (χ2n) is 7.45. The van der Waals surface area contributed by atoms with Gasteiger partial charge in [0.1, 0.15) is 11.9 Å². The lowest BCUT2D eigenvalue weighted by molar-refractivity contribution is -0.144. The number of carbonyl (C=O) groups excluding carboxylic acids is 1. The first-order valence-electron chi connectivity index (χ1n) is 10.0. The fourth-order valence-electron chi connectivity index (χ4n) is 3.15.